The molecule has 0 unspecified atom stereocenters. The fourth-order valence-electron chi connectivity index (χ4n) is 8.50. The third kappa shape index (κ3) is 8.55. The maximum Gasteiger partial charge on any atom is 0.303 e. The van der Waals surface area contributed by atoms with E-state index in [4.69, 9.17) is 33.2 Å². The van der Waals surface area contributed by atoms with Gasteiger partial charge in [-0.05, 0) is 120 Å². The van der Waals surface area contributed by atoms with Gasteiger partial charge in [-0.2, -0.15) is 0 Å². The maximum absolute atomic E-state index is 12.5. The van der Waals surface area contributed by atoms with Crippen molar-refractivity contribution in [2.75, 3.05) is 0 Å². The standard InChI is InChI=1S/C36H59BrO10/c1-22(38)41-28(34(9)19-15-26(45-34)32(6,7)43-23(2)39)16-21-35(10,44-24(3)40)30-13-12-27-33(8,46-30)20-17-29(42-27)36(11)18-14-25(37)31(4,5)47-36/h25-30H,12-21H2,1-11H3/t25-,26+,27-,28+,29-,30+,33+,34+,35-,36+/m0/s1. The summed E-state index contributed by atoms with van der Waals surface area (Å²) in [4.78, 5) is 36.9. The Morgan fingerprint density at radius 2 is 1.38 bits per heavy atom. The summed E-state index contributed by atoms with van der Waals surface area (Å²) in [6, 6.07) is 0. The number of ether oxygens (including phenoxy) is 7. The first-order valence-electron chi connectivity index (χ1n) is 17.4. The summed E-state index contributed by atoms with van der Waals surface area (Å²) in [7, 11) is 0. The smallest absolute Gasteiger partial charge is 0.303 e. The number of carbonyl (C=O) groups excluding carboxylic acids is 3. The van der Waals surface area contributed by atoms with Crippen molar-refractivity contribution in [2.24, 2.45) is 0 Å². The molecule has 4 heterocycles. The number of carbonyl (C=O) groups is 3. The minimum absolute atomic E-state index is 0.0360. The molecule has 0 aliphatic carbocycles. The molecule has 4 saturated heterocycles. The van der Waals surface area contributed by atoms with E-state index in [1.807, 2.05) is 27.7 Å². The van der Waals surface area contributed by atoms with Crippen LogP contribution in [-0.2, 0) is 47.5 Å². The Bertz CT molecular complexity index is 1170. The van der Waals surface area contributed by atoms with Crippen LogP contribution in [0.2, 0.25) is 0 Å². The van der Waals surface area contributed by atoms with E-state index in [9.17, 15) is 14.4 Å². The highest BCUT2D eigenvalue weighted by Crippen LogP contribution is 2.50. The van der Waals surface area contributed by atoms with Gasteiger partial charge < -0.3 is 33.2 Å². The lowest BCUT2D eigenvalue weighted by molar-refractivity contribution is -0.302. The third-order valence-corrected chi connectivity index (χ3v) is 12.8. The Morgan fingerprint density at radius 1 is 0.766 bits per heavy atom. The number of halogens is 1. The average Bonchev–Trinajstić information content (AvgIpc) is 3.35. The molecule has 11 heteroatoms. The molecular weight excluding hydrogens is 672 g/mol. The summed E-state index contributed by atoms with van der Waals surface area (Å²) < 4.78 is 44.4. The van der Waals surface area contributed by atoms with Crippen LogP contribution < -0.4 is 0 Å². The minimum Gasteiger partial charge on any atom is -0.459 e. The Labute approximate surface area is 290 Å². The zero-order valence-corrected chi connectivity index (χ0v) is 32.1. The zero-order valence-electron chi connectivity index (χ0n) is 30.5. The Kier molecular flexibility index (Phi) is 11.3. The second kappa shape index (κ2) is 13.8. The fraction of sp³-hybridized carbons (Fsp3) is 0.917. The first-order valence-corrected chi connectivity index (χ1v) is 18.4. The second-order valence-electron chi connectivity index (χ2n) is 16.4. The molecule has 10 nitrogen and oxygen atoms in total. The molecular formula is C36H59BrO10. The van der Waals surface area contributed by atoms with Crippen LogP contribution in [0.3, 0.4) is 0 Å². The van der Waals surface area contributed by atoms with Gasteiger partial charge in [0.25, 0.3) is 0 Å². The van der Waals surface area contributed by atoms with Gasteiger partial charge in [-0.3, -0.25) is 14.4 Å². The number of fused-ring (bicyclic) bond motifs is 1. The van der Waals surface area contributed by atoms with E-state index in [1.165, 1.54) is 20.8 Å². The minimum atomic E-state index is -0.978. The van der Waals surface area contributed by atoms with Crippen molar-refractivity contribution in [3.8, 4) is 0 Å². The summed E-state index contributed by atoms with van der Waals surface area (Å²) in [6.45, 7) is 20.2. The molecule has 4 fully saturated rings. The Morgan fingerprint density at radius 3 is 1.98 bits per heavy atom. The average molecular weight is 732 g/mol. The van der Waals surface area contributed by atoms with Crippen LogP contribution in [0.25, 0.3) is 0 Å². The zero-order chi connectivity index (χ0) is 35.2. The van der Waals surface area contributed by atoms with Crippen molar-refractivity contribution in [2.45, 2.75) is 209 Å². The number of esters is 3. The van der Waals surface area contributed by atoms with Crippen molar-refractivity contribution in [1.82, 2.24) is 0 Å². The Hall–Kier alpha value is -1.27. The van der Waals surface area contributed by atoms with Crippen molar-refractivity contribution in [1.29, 1.82) is 0 Å². The molecule has 0 N–H and O–H groups in total. The fourth-order valence-corrected chi connectivity index (χ4v) is 8.82. The molecule has 0 saturated carbocycles. The van der Waals surface area contributed by atoms with E-state index in [-0.39, 0.29) is 41.6 Å². The first kappa shape index (κ1) is 38.5. The molecule has 47 heavy (non-hydrogen) atoms. The molecule has 0 aromatic heterocycles. The number of hydrogen-bond acceptors (Lipinski definition) is 10. The number of rotatable bonds is 10. The van der Waals surface area contributed by atoms with Gasteiger partial charge in [-0.25, -0.2) is 0 Å². The third-order valence-electron chi connectivity index (χ3n) is 11.3. The van der Waals surface area contributed by atoms with Crippen LogP contribution in [0.5, 0.6) is 0 Å². The molecule has 10 atom stereocenters. The van der Waals surface area contributed by atoms with Gasteiger partial charge >= 0.3 is 17.9 Å². The maximum atomic E-state index is 12.5. The van der Waals surface area contributed by atoms with E-state index in [0.717, 1.165) is 32.1 Å². The molecule has 0 amide bonds. The van der Waals surface area contributed by atoms with Gasteiger partial charge in [0, 0.05) is 25.6 Å². The van der Waals surface area contributed by atoms with Crippen LogP contribution in [-0.4, -0.2) is 86.9 Å². The summed E-state index contributed by atoms with van der Waals surface area (Å²) in [6.07, 6.45) is 5.48. The van der Waals surface area contributed by atoms with E-state index in [1.54, 1.807) is 0 Å². The predicted octanol–water partition coefficient (Wildman–Crippen LogP) is 6.90. The second-order valence-corrected chi connectivity index (χ2v) is 17.5. The molecule has 270 valence electrons. The molecule has 0 spiro atoms. The van der Waals surface area contributed by atoms with Crippen LogP contribution in [0.4, 0.5) is 0 Å². The van der Waals surface area contributed by atoms with E-state index in [0.29, 0.717) is 36.9 Å². The highest BCUT2D eigenvalue weighted by atomic mass is 79.9. The molecule has 4 rings (SSSR count). The first-order chi connectivity index (χ1) is 21.5. The summed E-state index contributed by atoms with van der Waals surface area (Å²) in [5.41, 5.74) is -3.86. The lowest BCUT2D eigenvalue weighted by Crippen LogP contribution is -2.64. The van der Waals surface area contributed by atoms with Crippen LogP contribution in [0, 0.1) is 0 Å². The van der Waals surface area contributed by atoms with Crippen molar-refractivity contribution in [3.63, 3.8) is 0 Å². The monoisotopic (exact) mass is 730 g/mol. The molecule has 0 aromatic rings. The lowest BCUT2D eigenvalue weighted by Gasteiger charge is -2.56. The summed E-state index contributed by atoms with van der Waals surface area (Å²) in [5.74, 6) is -1.19. The van der Waals surface area contributed by atoms with Gasteiger partial charge in [0.05, 0.1) is 41.2 Å². The van der Waals surface area contributed by atoms with E-state index >= 15 is 0 Å². The quantitative estimate of drug-likeness (QED) is 0.134. The van der Waals surface area contributed by atoms with E-state index in [2.05, 4.69) is 43.6 Å². The topological polar surface area (TPSA) is 116 Å². The van der Waals surface area contributed by atoms with Gasteiger partial charge in [0.15, 0.2) is 0 Å². The van der Waals surface area contributed by atoms with Crippen molar-refractivity contribution >= 4 is 33.8 Å². The lowest BCUT2D eigenvalue weighted by atomic mass is 9.75. The largest absolute Gasteiger partial charge is 0.459 e. The highest BCUT2D eigenvalue weighted by Gasteiger charge is 2.57. The van der Waals surface area contributed by atoms with Crippen molar-refractivity contribution in [3.05, 3.63) is 0 Å². The van der Waals surface area contributed by atoms with Gasteiger partial charge in [0.1, 0.15) is 22.9 Å². The molecule has 0 radical (unpaired) electrons. The Balaban J connectivity index is 1.47. The van der Waals surface area contributed by atoms with Gasteiger partial charge in [-0.15, -0.1) is 0 Å². The van der Waals surface area contributed by atoms with Crippen LogP contribution in [0.15, 0.2) is 0 Å². The number of hydrogen-bond donors (Lipinski definition) is 0. The molecule has 0 bridgehead atoms. The van der Waals surface area contributed by atoms with E-state index < -0.39 is 40.4 Å². The number of alkyl halides is 1. The van der Waals surface area contributed by atoms with Crippen molar-refractivity contribution < 1.29 is 47.5 Å². The van der Waals surface area contributed by atoms with Crippen LogP contribution in [0.1, 0.15) is 140 Å². The van der Waals surface area contributed by atoms with Crippen LogP contribution >= 0.6 is 15.9 Å². The molecule has 4 aliphatic heterocycles. The highest BCUT2D eigenvalue weighted by molar-refractivity contribution is 9.09. The predicted molar refractivity (Wildman–Crippen MR) is 179 cm³/mol. The molecule has 4 aliphatic rings. The molecule has 0 aromatic carbocycles. The normalized spacial score (nSPS) is 39.2. The summed E-state index contributed by atoms with van der Waals surface area (Å²) >= 11 is 3.80. The SMILES string of the molecule is CC(=O)O[C@H](CC[C@](C)(OC(C)=O)[C@H]1CC[C@@H]2O[C@H]([C@@]3(C)CC[C@H](Br)C(C)(C)O3)CC[C@@]2(C)O1)[C@@]1(C)CC[C@H](C(C)(C)OC(C)=O)O1. The van der Waals surface area contributed by atoms with Gasteiger partial charge in [0.2, 0.25) is 0 Å². The summed E-state index contributed by atoms with van der Waals surface area (Å²) in [5, 5.41) is 0. The van der Waals surface area contributed by atoms with Gasteiger partial charge in [-0.1, -0.05) is 15.9 Å².